The molecule has 0 bridgehead atoms. The molecule has 0 spiro atoms. The quantitative estimate of drug-likeness (QED) is 0.300. The van der Waals surface area contributed by atoms with E-state index in [1.165, 1.54) is 0 Å². The fraction of sp³-hybridized carbons (Fsp3) is 0.500. The second-order valence-electron chi connectivity index (χ2n) is 6.60. The number of rotatable bonds is 7. The van der Waals surface area contributed by atoms with Crippen LogP contribution in [0.4, 0.5) is 0 Å². The first-order valence-corrected chi connectivity index (χ1v) is 9.77. The molecule has 0 aliphatic rings. The molecule has 0 aliphatic carbocycles. The van der Waals surface area contributed by atoms with Crippen LogP contribution in [0.3, 0.4) is 0 Å². The summed E-state index contributed by atoms with van der Waals surface area (Å²) < 4.78 is 39.5. The van der Waals surface area contributed by atoms with Gasteiger partial charge in [0.15, 0.2) is 0 Å². The predicted octanol–water partition coefficient (Wildman–Crippen LogP) is 2.58. The van der Waals surface area contributed by atoms with Crippen molar-refractivity contribution in [3.05, 3.63) is 28.8 Å². The minimum atomic E-state index is -4.36. The Balaban J connectivity index is 3.28. The lowest BCUT2D eigenvalue weighted by atomic mass is 10.1. The average molecular weight is 399 g/mol. The maximum absolute atomic E-state index is 12.5. The topological polar surface area (TPSA) is 108 Å². The smallest absolute Gasteiger partial charge is 0.368 e. The molecular weight excluding hydrogens is 374 g/mol. The molecule has 0 saturated heterocycles. The van der Waals surface area contributed by atoms with E-state index in [1.807, 2.05) is 6.92 Å². The van der Waals surface area contributed by atoms with Gasteiger partial charge in [0.25, 0.3) is 5.71 Å². The zero-order valence-electron chi connectivity index (χ0n) is 16.5. The summed E-state index contributed by atoms with van der Waals surface area (Å²) in [5.41, 5.74) is 0.912. The normalized spacial score (nSPS) is 11.3. The highest BCUT2D eigenvalue weighted by molar-refractivity contribution is 7.86. The van der Waals surface area contributed by atoms with Crippen molar-refractivity contribution >= 4 is 27.8 Å². The third-order valence-corrected chi connectivity index (χ3v) is 4.57. The molecule has 27 heavy (non-hydrogen) atoms. The third kappa shape index (κ3) is 6.35. The largest absolute Gasteiger partial charge is 0.458 e. The van der Waals surface area contributed by atoms with Crippen LogP contribution >= 0.6 is 0 Å². The first-order chi connectivity index (χ1) is 12.3. The number of carbonyl (C=O) groups excluding carboxylic acids is 2. The van der Waals surface area contributed by atoms with Crippen molar-refractivity contribution in [2.45, 2.75) is 65.6 Å². The van der Waals surface area contributed by atoms with Crippen molar-refractivity contribution in [2.24, 2.45) is 5.16 Å². The van der Waals surface area contributed by atoms with Gasteiger partial charge in [0.05, 0.1) is 12.2 Å². The van der Waals surface area contributed by atoms with Gasteiger partial charge in [-0.2, -0.15) is 8.42 Å². The van der Waals surface area contributed by atoms with Gasteiger partial charge in [-0.3, -0.25) is 4.28 Å². The van der Waals surface area contributed by atoms with Gasteiger partial charge in [0, 0.05) is 0 Å². The number of aryl methyl sites for hydroxylation is 3. The number of ether oxygens (including phenoxy) is 2. The highest BCUT2D eigenvalue weighted by atomic mass is 32.2. The van der Waals surface area contributed by atoms with Crippen LogP contribution in [0.25, 0.3) is 0 Å². The molecular formula is C18H25NO7S. The maximum atomic E-state index is 12.5. The summed E-state index contributed by atoms with van der Waals surface area (Å²) in [6, 6.07) is 3.35. The van der Waals surface area contributed by atoms with Gasteiger partial charge >= 0.3 is 22.1 Å². The Bertz CT molecular complexity index is 807. The molecule has 0 amide bonds. The summed E-state index contributed by atoms with van der Waals surface area (Å²) in [7, 11) is -4.36. The Labute approximate surface area is 159 Å². The van der Waals surface area contributed by atoms with Gasteiger partial charge in [-0.25, -0.2) is 9.59 Å². The SMILES string of the molecule is Cc1cc(C)c(S(=O)(=O)ON=C(C(=O)OC(C)C)C(=O)OC(C)C)c(C)c1. The van der Waals surface area contributed by atoms with E-state index in [4.69, 9.17) is 9.47 Å². The lowest BCUT2D eigenvalue weighted by Gasteiger charge is -2.12. The van der Waals surface area contributed by atoms with E-state index in [1.54, 1.807) is 53.7 Å². The van der Waals surface area contributed by atoms with Gasteiger partial charge in [-0.1, -0.05) is 17.7 Å². The number of carbonyl (C=O) groups is 2. The minimum Gasteiger partial charge on any atom is -0.458 e. The molecule has 1 aromatic carbocycles. The molecule has 0 saturated carbocycles. The summed E-state index contributed by atoms with van der Waals surface area (Å²) in [6.07, 6.45) is -1.10. The van der Waals surface area contributed by atoms with Crippen LogP contribution in [0, 0.1) is 20.8 Å². The van der Waals surface area contributed by atoms with Crippen molar-refractivity contribution in [3.63, 3.8) is 0 Å². The van der Waals surface area contributed by atoms with Crippen LogP contribution in [-0.2, 0) is 33.5 Å². The molecule has 0 atom stereocenters. The summed E-state index contributed by atoms with van der Waals surface area (Å²) in [6.45, 7) is 11.3. The van der Waals surface area contributed by atoms with Crippen LogP contribution in [0.1, 0.15) is 44.4 Å². The number of nitrogens with zero attached hydrogens (tertiary/aromatic N) is 1. The lowest BCUT2D eigenvalue weighted by Crippen LogP contribution is -2.32. The molecule has 0 N–H and O–H groups in total. The molecule has 0 fully saturated rings. The van der Waals surface area contributed by atoms with Crippen molar-refractivity contribution in [2.75, 3.05) is 0 Å². The van der Waals surface area contributed by atoms with Crippen LogP contribution in [0.15, 0.2) is 22.2 Å². The minimum absolute atomic E-state index is 0.0781. The van der Waals surface area contributed by atoms with Crippen LogP contribution < -0.4 is 0 Å². The zero-order valence-corrected chi connectivity index (χ0v) is 17.3. The van der Waals surface area contributed by atoms with Gasteiger partial charge in [-0.15, -0.1) is 0 Å². The lowest BCUT2D eigenvalue weighted by molar-refractivity contribution is -0.144. The first-order valence-electron chi connectivity index (χ1n) is 8.36. The number of benzene rings is 1. The number of esters is 2. The van der Waals surface area contributed by atoms with E-state index in [9.17, 15) is 18.0 Å². The number of hydrogen-bond donors (Lipinski definition) is 0. The molecule has 9 heteroatoms. The summed E-state index contributed by atoms with van der Waals surface area (Å²) in [4.78, 5) is 24.1. The second-order valence-corrected chi connectivity index (χ2v) is 8.07. The van der Waals surface area contributed by atoms with Gasteiger partial charge in [0.1, 0.15) is 4.90 Å². The average Bonchev–Trinajstić information content (AvgIpc) is 2.43. The predicted molar refractivity (Wildman–Crippen MR) is 98.8 cm³/mol. The van der Waals surface area contributed by atoms with E-state index in [0.717, 1.165) is 5.56 Å². The fourth-order valence-corrected chi connectivity index (χ4v) is 3.54. The van der Waals surface area contributed by atoms with Crippen LogP contribution in [-0.4, -0.2) is 38.3 Å². The van der Waals surface area contributed by atoms with Crippen LogP contribution in [0.2, 0.25) is 0 Å². The second kappa shape index (κ2) is 8.98. The van der Waals surface area contributed by atoms with Gasteiger partial charge in [0.2, 0.25) is 0 Å². The van der Waals surface area contributed by atoms with E-state index >= 15 is 0 Å². The first kappa shape index (κ1) is 22.6. The molecule has 0 radical (unpaired) electrons. The fourth-order valence-electron chi connectivity index (χ4n) is 2.38. The van der Waals surface area contributed by atoms with Gasteiger partial charge in [-0.05, 0) is 64.7 Å². The molecule has 1 rings (SSSR count). The summed E-state index contributed by atoms with van der Waals surface area (Å²) in [5.74, 6) is -2.27. The van der Waals surface area contributed by atoms with Crippen molar-refractivity contribution in [3.8, 4) is 0 Å². The monoisotopic (exact) mass is 399 g/mol. The molecule has 0 aliphatic heterocycles. The van der Waals surface area contributed by atoms with Crippen LogP contribution in [0.5, 0.6) is 0 Å². The van der Waals surface area contributed by atoms with E-state index in [0.29, 0.717) is 11.1 Å². The Morgan fingerprint density at radius 3 is 1.67 bits per heavy atom. The van der Waals surface area contributed by atoms with Crippen molar-refractivity contribution < 1.29 is 31.8 Å². The summed E-state index contributed by atoms with van der Waals surface area (Å²) >= 11 is 0. The van der Waals surface area contributed by atoms with Crippen molar-refractivity contribution in [1.82, 2.24) is 0 Å². The molecule has 8 nitrogen and oxygen atoms in total. The Morgan fingerprint density at radius 2 is 1.30 bits per heavy atom. The highest BCUT2D eigenvalue weighted by Gasteiger charge is 2.29. The Kier molecular flexibility index (Phi) is 7.53. The summed E-state index contributed by atoms with van der Waals surface area (Å²) in [5, 5.41) is 3.26. The zero-order chi connectivity index (χ0) is 20.9. The Morgan fingerprint density at radius 1 is 0.889 bits per heavy atom. The van der Waals surface area contributed by atoms with E-state index < -0.39 is 40.0 Å². The maximum Gasteiger partial charge on any atom is 0.368 e. The van der Waals surface area contributed by atoms with E-state index in [2.05, 4.69) is 9.44 Å². The number of oxime groups is 1. The third-order valence-electron chi connectivity index (χ3n) is 3.15. The highest BCUT2D eigenvalue weighted by Crippen LogP contribution is 2.23. The molecule has 0 heterocycles. The Hall–Kier alpha value is -2.42. The number of hydrogen-bond acceptors (Lipinski definition) is 8. The van der Waals surface area contributed by atoms with Gasteiger partial charge < -0.3 is 9.47 Å². The molecule has 0 unspecified atom stereocenters. The standard InChI is InChI=1S/C18H25NO7S/c1-10(2)24-17(20)15(18(21)25-11(3)4)19-26-27(22,23)16-13(6)8-12(5)9-14(16)7/h8-11H,1-7H3. The molecule has 1 aromatic rings. The van der Waals surface area contributed by atoms with Crippen molar-refractivity contribution in [1.29, 1.82) is 0 Å². The molecule has 0 aromatic heterocycles. The van der Waals surface area contributed by atoms with E-state index in [-0.39, 0.29) is 4.90 Å². The molecule has 150 valence electrons.